The van der Waals surface area contributed by atoms with Crippen LogP contribution in [0.3, 0.4) is 0 Å². The summed E-state index contributed by atoms with van der Waals surface area (Å²) in [5.74, 6) is 3.55. The van der Waals surface area contributed by atoms with Gasteiger partial charge < -0.3 is 4.42 Å². The standard InChI is InChI=1S/C49H33N3.C41H24N4O.C41H24N4S/c1-49(2)42-17-9-7-15-37(42)39-28-36(21-23-43(39)49)47-38-16-8-10-18-44(38)50-48(51-47)52-45-24-22-35(34-20-19-30-11-3-4-12-31(30)25-34)27-40(45)41-26-32-13-5-6-14-33(32)29-46(41)52;1-2-9-25(10-3-1)28-16-18-30-34-21-26-11-4-5-12-27(26)22-36(34)45(35(30)23-28)41-33-14-8-20-42-40(33)43-39(44-41)29-17-19-32-31-13-6-7-15-37(31)46-38(32)24-29;1-2-9-25(10-3-1)28-17-19-35-33(22-28)34-21-26-11-4-5-12-27(26)23-36(34)45(35)41-32-14-8-20-42-40(32)43-39(44-41)29-16-18-31-30-13-6-7-15-37(30)46-38(31)24-29/h3-29H,1-2H3;2*1-24H. The van der Waals surface area contributed by atoms with Gasteiger partial charge in [-0.15, -0.1) is 11.3 Å². The zero-order valence-electron chi connectivity index (χ0n) is 78.0. The Labute approximate surface area is 828 Å². The SMILES string of the molecule is CC1(C)c2ccccc2-c2cc(-c3nc(-n4c5ccc(-c6ccc7ccccc7c6)cc5c5cc6ccccc6cc54)nc4ccccc34)ccc21.c1ccc(-c2ccc3c(c2)c2cc4ccccc4cc2n3-c2nc(-c3ccc4c(c3)sc3ccccc34)nc3ncccc23)cc1.c1ccc(-c2ccc3c4cc5ccccc5cc4n(-c4nc(-c5ccc6c(c5)oc5ccccc56)nc5ncccc45)c3c2)cc1. The van der Waals surface area contributed by atoms with Crippen molar-refractivity contribution < 1.29 is 4.42 Å². The lowest BCUT2D eigenvalue weighted by atomic mass is 9.82. The van der Waals surface area contributed by atoms with E-state index >= 15 is 0 Å². The molecule has 12 nitrogen and oxygen atoms in total. The van der Waals surface area contributed by atoms with E-state index in [2.05, 4.69) is 434 Å². The number of hydrogen-bond acceptors (Lipinski definition) is 10. The summed E-state index contributed by atoms with van der Waals surface area (Å²) < 4.78 is 15.6. The molecule has 20 aromatic carbocycles. The smallest absolute Gasteiger partial charge is 0.235 e. The van der Waals surface area contributed by atoms with Gasteiger partial charge in [-0.1, -0.05) is 317 Å². The van der Waals surface area contributed by atoms with Gasteiger partial charge in [0.2, 0.25) is 5.95 Å². The van der Waals surface area contributed by atoms with E-state index in [0.717, 1.165) is 116 Å². The molecule has 0 atom stereocenters. The van der Waals surface area contributed by atoms with Crippen molar-refractivity contribution >= 4 is 195 Å². The molecule has 31 rings (SSSR count). The van der Waals surface area contributed by atoms with Crippen LogP contribution in [-0.2, 0) is 5.41 Å². The maximum atomic E-state index is 6.24. The molecule has 0 fully saturated rings. The highest BCUT2D eigenvalue weighted by atomic mass is 32.1. The summed E-state index contributed by atoms with van der Waals surface area (Å²) in [5, 5.41) is 24.3. The lowest BCUT2D eigenvalue weighted by molar-refractivity contribution is 0.660. The number of aromatic nitrogens is 11. The molecule has 0 unspecified atom stereocenters. The minimum absolute atomic E-state index is 0.0548. The number of rotatable bonds is 9. The van der Waals surface area contributed by atoms with E-state index in [1.54, 1.807) is 17.5 Å². The van der Waals surface area contributed by atoms with Crippen molar-refractivity contribution in [1.82, 2.24) is 53.6 Å². The first-order valence-corrected chi connectivity index (χ1v) is 49.5. The van der Waals surface area contributed by atoms with Gasteiger partial charge in [-0.25, -0.2) is 39.9 Å². The number of benzene rings is 20. The highest BCUT2D eigenvalue weighted by Gasteiger charge is 2.36. The molecule has 1 aliphatic carbocycles. The fraction of sp³-hybridized carbons (Fsp3) is 0.0229. The average molecular weight is 1860 g/mol. The number of thiophene rings is 1. The molecule has 144 heavy (non-hydrogen) atoms. The lowest BCUT2D eigenvalue weighted by Crippen LogP contribution is -2.14. The van der Waals surface area contributed by atoms with Crippen LogP contribution in [0.15, 0.2) is 460 Å². The predicted octanol–water partition coefficient (Wildman–Crippen LogP) is 34.2. The van der Waals surface area contributed by atoms with Crippen molar-refractivity contribution in [3.63, 3.8) is 0 Å². The third kappa shape index (κ3) is 13.4. The van der Waals surface area contributed by atoms with Crippen LogP contribution in [0.1, 0.15) is 25.0 Å². The summed E-state index contributed by atoms with van der Waals surface area (Å²) in [4.78, 5) is 40.9. The van der Waals surface area contributed by atoms with E-state index in [-0.39, 0.29) is 5.41 Å². The zero-order valence-corrected chi connectivity index (χ0v) is 78.9. The molecular formula is C131H81N11OS. The Balaban J connectivity index is 0.000000103. The van der Waals surface area contributed by atoms with Crippen LogP contribution in [-0.4, -0.2) is 53.6 Å². The minimum Gasteiger partial charge on any atom is -0.456 e. The van der Waals surface area contributed by atoms with Crippen molar-refractivity contribution in [1.29, 1.82) is 0 Å². The van der Waals surface area contributed by atoms with Crippen LogP contribution in [0.25, 0.3) is 280 Å². The average Bonchev–Trinajstić information content (AvgIpc) is 1.57. The van der Waals surface area contributed by atoms with E-state index < -0.39 is 0 Å². The van der Waals surface area contributed by atoms with Gasteiger partial charge in [-0.05, 0) is 238 Å². The van der Waals surface area contributed by atoms with Gasteiger partial charge >= 0.3 is 0 Å². The fourth-order valence-electron chi connectivity index (χ4n) is 22.4. The Morgan fingerprint density at radius 2 is 0.660 bits per heavy atom. The summed E-state index contributed by atoms with van der Waals surface area (Å²) in [7, 11) is 0. The minimum atomic E-state index is -0.0548. The first-order chi connectivity index (χ1) is 71.1. The zero-order chi connectivity index (χ0) is 94.9. The fourth-order valence-corrected chi connectivity index (χ4v) is 23.6. The van der Waals surface area contributed by atoms with Crippen molar-refractivity contribution in [3.8, 4) is 96.1 Å². The van der Waals surface area contributed by atoms with Crippen LogP contribution in [0.2, 0.25) is 0 Å². The van der Waals surface area contributed by atoms with E-state index in [4.69, 9.17) is 44.3 Å². The molecule has 1 aliphatic rings. The normalized spacial score (nSPS) is 12.4. The van der Waals surface area contributed by atoms with Crippen LogP contribution >= 0.6 is 11.3 Å². The van der Waals surface area contributed by atoms with Crippen molar-refractivity contribution in [2.24, 2.45) is 0 Å². The summed E-state index contributed by atoms with van der Waals surface area (Å²) in [5.41, 5.74) is 26.7. The molecule has 0 amide bonds. The molecule has 0 saturated heterocycles. The van der Waals surface area contributed by atoms with Crippen molar-refractivity contribution in [3.05, 3.63) is 466 Å². The second-order valence-corrected chi connectivity index (χ2v) is 39.2. The maximum Gasteiger partial charge on any atom is 0.235 e. The quantitative estimate of drug-likeness (QED) is 0.139. The predicted molar refractivity (Wildman–Crippen MR) is 598 cm³/mol. The van der Waals surface area contributed by atoms with Gasteiger partial charge in [-0.2, -0.15) is 0 Å². The maximum absolute atomic E-state index is 6.24. The highest BCUT2D eigenvalue weighted by Crippen LogP contribution is 2.52. The molecule has 30 aromatic rings. The van der Waals surface area contributed by atoms with Gasteiger partial charge in [0.05, 0.1) is 55.1 Å². The number of para-hydroxylation sites is 2. The van der Waals surface area contributed by atoms with Crippen molar-refractivity contribution in [2.45, 2.75) is 19.3 Å². The lowest BCUT2D eigenvalue weighted by Gasteiger charge is -2.21. The Morgan fingerprint density at radius 3 is 1.31 bits per heavy atom. The number of furan rings is 1. The molecule has 0 bridgehead atoms. The second-order valence-electron chi connectivity index (χ2n) is 38.1. The summed E-state index contributed by atoms with van der Waals surface area (Å²) in [6.07, 6.45) is 3.60. The van der Waals surface area contributed by atoms with Gasteiger partial charge in [0.15, 0.2) is 34.6 Å². The summed E-state index contributed by atoms with van der Waals surface area (Å²) in [6.45, 7) is 4.65. The van der Waals surface area contributed by atoms with Gasteiger partial charge in [0.25, 0.3) is 0 Å². The van der Waals surface area contributed by atoms with Crippen LogP contribution < -0.4 is 0 Å². The number of nitrogens with zero attached hydrogens (tertiary/aromatic N) is 11. The molecular weight excluding hydrogens is 1780 g/mol. The number of pyridine rings is 2. The second kappa shape index (κ2) is 32.7. The Hall–Kier alpha value is -18.8. The molecule has 0 aliphatic heterocycles. The first-order valence-electron chi connectivity index (χ1n) is 48.7. The molecule has 0 spiro atoms. The van der Waals surface area contributed by atoms with Crippen LogP contribution in [0, 0.1) is 0 Å². The molecule has 13 heteroatoms. The molecule has 10 aromatic heterocycles. The summed E-state index contributed by atoms with van der Waals surface area (Å²) in [6, 6.07) is 158. The molecule has 0 radical (unpaired) electrons. The highest BCUT2D eigenvalue weighted by molar-refractivity contribution is 7.25. The Morgan fingerprint density at radius 1 is 0.229 bits per heavy atom. The van der Waals surface area contributed by atoms with E-state index in [1.165, 1.54) is 146 Å². The van der Waals surface area contributed by atoms with E-state index in [0.29, 0.717) is 28.9 Å². The Kier molecular flexibility index (Phi) is 18.7. The topological polar surface area (TPSA) is 131 Å². The van der Waals surface area contributed by atoms with Gasteiger partial charge in [0.1, 0.15) is 11.2 Å². The Bertz CT molecular complexity index is 10600. The molecule has 10 heterocycles. The first kappa shape index (κ1) is 82.3. The monoisotopic (exact) mass is 1860 g/mol. The van der Waals surface area contributed by atoms with Crippen LogP contribution in [0.5, 0.6) is 0 Å². The summed E-state index contributed by atoms with van der Waals surface area (Å²) >= 11 is 1.80. The van der Waals surface area contributed by atoms with Crippen molar-refractivity contribution in [2.75, 3.05) is 0 Å². The third-order valence-electron chi connectivity index (χ3n) is 29.4. The van der Waals surface area contributed by atoms with E-state index in [1.807, 2.05) is 42.6 Å². The van der Waals surface area contributed by atoms with Crippen LogP contribution in [0.4, 0.5) is 0 Å². The molecule has 672 valence electrons. The largest absolute Gasteiger partial charge is 0.456 e. The number of hydrogen-bond donors (Lipinski definition) is 0. The number of fused-ring (bicyclic) bond motifs is 25. The van der Waals surface area contributed by atoms with E-state index in [9.17, 15) is 0 Å². The van der Waals surface area contributed by atoms with Gasteiger partial charge in [0, 0.05) is 103 Å². The van der Waals surface area contributed by atoms with Gasteiger partial charge in [-0.3, -0.25) is 13.7 Å². The molecule has 0 N–H and O–H groups in total. The third-order valence-corrected chi connectivity index (χ3v) is 30.6. The molecule has 0 saturated carbocycles.